The number of unbranched alkanes of at least 4 members (excludes halogenated alkanes) is 1. The van der Waals surface area contributed by atoms with Gasteiger partial charge in [0.25, 0.3) is 0 Å². The smallest absolute Gasteiger partial charge is 0.0599 e. The van der Waals surface area contributed by atoms with Crippen LogP contribution in [0.25, 0.3) is 0 Å². The summed E-state index contributed by atoms with van der Waals surface area (Å²) in [6.45, 7) is 9.68. The summed E-state index contributed by atoms with van der Waals surface area (Å²) in [7, 11) is 1.76. The lowest BCUT2D eigenvalue weighted by Gasteiger charge is -2.41. The molecule has 4 heteroatoms. The summed E-state index contributed by atoms with van der Waals surface area (Å²) in [5, 5.41) is 0. The van der Waals surface area contributed by atoms with Crippen LogP contribution in [0.2, 0.25) is 0 Å². The molecule has 2 aliphatic rings. The maximum Gasteiger partial charge on any atom is 0.0599 e. The predicted octanol–water partition coefficient (Wildman–Crippen LogP) is 3.10. The highest BCUT2D eigenvalue weighted by molar-refractivity contribution is 4.84. The van der Waals surface area contributed by atoms with Crippen LogP contribution in [-0.2, 0) is 14.2 Å². The van der Waals surface area contributed by atoms with Crippen molar-refractivity contribution in [2.24, 2.45) is 5.92 Å². The van der Waals surface area contributed by atoms with Crippen LogP contribution in [0.3, 0.4) is 0 Å². The molecule has 1 aliphatic carbocycles. The first kappa shape index (κ1) is 18.2. The molecular weight excluding hydrogens is 278 g/mol. The zero-order valence-corrected chi connectivity index (χ0v) is 14.8. The minimum atomic E-state index is 0.378. The van der Waals surface area contributed by atoms with Gasteiger partial charge in [0.15, 0.2) is 0 Å². The van der Waals surface area contributed by atoms with E-state index < -0.39 is 0 Å². The molecule has 1 heterocycles. The van der Waals surface area contributed by atoms with Gasteiger partial charge in [0.2, 0.25) is 0 Å². The van der Waals surface area contributed by atoms with Crippen molar-refractivity contribution in [3.63, 3.8) is 0 Å². The Morgan fingerprint density at radius 3 is 2.32 bits per heavy atom. The number of methoxy groups -OCH3 is 1. The topological polar surface area (TPSA) is 30.9 Å². The molecule has 0 radical (unpaired) electrons. The molecule has 1 saturated heterocycles. The minimum absolute atomic E-state index is 0.378. The number of nitrogens with zero attached hydrogens (tertiary/aromatic N) is 1. The monoisotopic (exact) mass is 313 g/mol. The minimum Gasteiger partial charge on any atom is -0.385 e. The van der Waals surface area contributed by atoms with Crippen LogP contribution in [0.15, 0.2) is 0 Å². The van der Waals surface area contributed by atoms with Gasteiger partial charge in [-0.25, -0.2) is 0 Å². The van der Waals surface area contributed by atoms with Crippen molar-refractivity contribution in [1.29, 1.82) is 0 Å². The molecule has 22 heavy (non-hydrogen) atoms. The Hall–Kier alpha value is -0.160. The van der Waals surface area contributed by atoms with Gasteiger partial charge in [0.05, 0.1) is 18.3 Å². The first-order valence-electron chi connectivity index (χ1n) is 9.15. The van der Waals surface area contributed by atoms with E-state index in [0.29, 0.717) is 18.3 Å². The fraction of sp³-hybridized carbons (Fsp3) is 1.00. The summed E-state index contributed by atoms with van der Waals surface area (Å²) in [4.78, 5) is 2.63. The fourth-order valence-corrected chi connectivity index (χ4v) is 3.54. The highest BCUT2D eigenvalue weighted by Gasteiger charge is 2.32. The Kier molecular flexibility index (Phi) is 8.15. The summed E-state index contributed by atoms with van der Waals surface area (Å²) in [5.74, 6) is 0.857. The van der Waals surface area contributed by atoms with Gasteiger partial charge in [-0.15, -0.1) is 0 Å². The number of piperidine rings is 1. The summed E-state index contributed by atoms with van der Waals surface area (Å²) in [5.41, 5.74) is 0. The third-order valence-electron chi connectivity index (χ3n) is 4.80. The van der Waals surface area contributed by atoms with E-state index in [4.69, 9.17) is 14.2 Å². The molecule has 0 unspecified atom stereocenters. The Labute approximate surface area is 136 Å². The number of likely N-dealkylation sites (tertiary alicyclic amines) is 1. The predicted molar refractivity (Wildman–Crippen MR) is 89.3 cm³/mol. The van der Waals surface area contributed by atoms with Crippen LogP contribution in [0.1, 0.15) is 52.4 Å². The maximum atomic E-state index is 5.98. The third kappa shape index (κ3) is 6.53. The normalized spacial score (nSPS) is 27.3. The molecule has 0 amide bonds. The Balaban J connectivity index is 1.48. The van der Waals surface area contributed by atoms with Crippen molar-refractivity contribution < 1.29 is 14.2 Å². The van der Waals surface area contributed by atoms with Crippen molar-refractivity contribution >= 4 is 0 Å². The molecule has 2 rings (SSSR count). The van der Waals surface area contributed by atoms with Crippen LogP contribution in [0.4, 0.5) is 0 Å². The van der Waals surface area contributed by atoms with E-state index in [2.05, 4.69) is 18.7 Å². The van der Waals surface area contributed by atoms with Gasteiger partial charge in [-0.1, -0.05) is 0 Å². The first-order chi connectivity index (χ1) is 10.7. The van der Waals surface area contributed by atoms with Crippen molar-refractivity contribution in [1.82, 2.24) is 4.90 Å². The standard InChI is InChI=1S/C18H35NO3/c1-15(2)22-18-12-16(13-18)14-19-8-6-17(7-9-19)21-11-5-4-10-20-3/h15-18H,4-14H2,1-3H3. The Morgan fingerprint density at radius 2 is 1.68 bits per heavy atom. The van der Waals surface area contributed by atoms with Gasteiger partial charge in [-0.3, -0.25) is 0 Å². The molecule has 1 aliphatic heterocycles. The van der Waals surface area contributed by atoms with Crippen molar-refractivity contribution in [3.8, 4) is 0 Å². The van der Waals surface area contributed by atoms with Crippen molar-refractivity contribution in [3.05, 3.63) is 0 Å². The third-order valence-corrected chi connectivity index (χ3v) is 4.80. The quantitative estimate of drug-likeness (QED) is 0.580. The molecule has 130 valence electrons. The van der Waals surface area contributed by atoms with E-state index in [9.17, 15) is 0 Å². The average molecular weight is 313 g/mol. The number of rotatable bonds is 10. The van der Waals surface area contributed by atoms with Crippen molar-refractivity contribution in [2.75, 3.05) is 40.0 Å². The van der Waals surface area contributed by atoms with Gasteiger partial charge in [0, 0.05) is 40.0 Å². The second-order valence-electron chi connectivity index (χ2n) is 7.21. The molecular formula is C18H35NO3. The van der Waals surface area contributed by atoms with E-state index in [1.165, 1.54) is 45.3 Å². The molecule has 2 fully saturated rings. The molecule has 1 saturated carbocycles. The van der Waals surface area contributed by atoms with Crippen LogP contribution in [-0.4, -0.2) is 63.2 Å². The SMILES string of the molecule is COCCCCOC1CCN(CC2CC(OC(C)C)C2)CC1. The van der Waals surface area contributed by atoms with Gasteiger partial charge < -0.3 is 19.1 Å². The molecule has 0 bridgehead atoms. The van der Waals surface area contributed by atoms with E-state index in [-0.39, 0.29) is 0 Å². The van der Waals surface area contributed by atoms with E-state index in [1.54, 1.807) is 7.11 Å². The molecule has 4 nitrogen and oxygen atoms in total. The molecule has 0 aromatic carbocycles. The lowest BCUT2D eigenvalue weighted by molar-refractivity contribution is -0.0721. The largest absolute Gasteiger partial charge is 0.385 e. The first-order valence-corrected chi connectivity index (χ1v) is 9.15. The molecule has 0 N–H and O–H groups in total. The molecule has 0 aromatic heterocycles. The van der Waals surface area contributed by atoms with E-state index in [1.807, 2.05) is 0 Å². The van der Waals surface area contributed by atoms with Crippen LogP contribution in [0, 0.1) is 5.92 Å². The van der Waals surface area contributed by atoms with Crippen LogP contribution >= 0.6 is 0 Å². The average Bonchev–Trinajstić information content (AvgIpc) is 2.46. The van der Waals surface area contributed by atoms with Crippen LogP contribution < -0.4 is 0 Å². The number of hydrogen-bond acceptors (Lipinski definition) is 4. The number of hydrogen-bond donors (Lipinski definition) is 0. The van der Waals surface area contributed by atoms with Crippen LogP contribution in [0.5, 0.6) is 0 Å². The zero-order chi connectivity index (χ0) is 15.8. The summed E-state index contributed by atoms with van der Waals surface area (Å²) >= 11 is 0. The molecule has 0 atom stereocenters. The van der Waals surface area contributed by atoms with Gasteiger partial charge in [0.1, 0.15) is 0 Å². The molecule has 0 spiro atoms. The highest BCUT2D eigenvalue weighted by atomic mass is 16.5. The van der Waals surface area contributed by atoms with Gasteiger partial charge in [-0.2, -0.15) is 0 Å². The summed E-state index contributed by atoms with van der Waals surface area (Å²) < 4.78 is 16.9. The Morgan fingerprint density at radius 1 is 1.00 bits per heavy atom. The second-order valence-corrected chi connectivity index (χ2v) is 7.21. The van der Waals surface area contributed by atoms with Gasteiger partial charge >= 0.3 is 0 Å². The second kappa shape index (κ2) is 9.86. The zero-order valence-electron chi connectivity index (χ0n) is 14.8. The lowest BCUT2D eigenvalue weighted by atomic mass is 9.81. The van der Waals surface area contributed by atoms with E-state index >= 15 is 0 Å². The van der Waals surface area contributed by atoms with Crippen molar-refractivity contribution in [2.45, 2.75) is 70.7 Å². The molecule has 0 aromatic rings. The highest BCUT2D eigenvalue weighted by Crippen LogP contribution is 2.32. The van der Waals surface area contributed by atoms with E-state index in [0.717, 1.165) is 32.0 Å². The summed E-state index contributed by atoms with van der Waals surface area (Å²) in [6.07, 6.45) is 8.52. The Bertz CT molecular complexity index is 284. The summed E-state index contributed by atoms with van der Waals surface area (Å²) in [6, 6.07) is 0. The maximum absolute atomic E-state index is 5.98. The lowest BCUT2D eigenvalue weighted by Crippen LogP contribution is -2.44. The van der Waals surface area contributed by atoms with Gasteiger partial charge in [-0.05, 0) is 58.3 Å². The fourth-order valence-electron chi connectivity index (χ4n) is 3.54. The number of ether oxygens (including phenoxy) is 3.